The highest BCUT2D eigenvalue weighted by Crippen LogP contribution is 2.40. The SMILES string of the molecule is Cc1ccc(C2(O)CC3COCC(C2)N3Cc2ccccc2)nn1. The Morgan fingerprint density at radius 1 is 1.08 bits per heavy atom. The molecule has 3 heterocycles. The van der Waals surface area contributed by atoms with E-state index in [4.69, 9.17) is 4.74 Å². The van der Waals surface area contributed by atoms with Gasteiger partial charge in [0.15, 0.2) is 0 Å². The van der Waals surface area contributed by atoms with Crippen LogP contribution in [0.15, 0.2) is 42.5 Å². The molecule has 1 aromatic carbocycles. The minimum atomic E-state index is -0.910. The smallest absolute Gasteiger partial charge is 0.111 e. The van der Waals surface area contributed by atoms with Crippen LogP contribution in [0.5, 0.6) is 0 Å². The van der Waals surface area contributed by atoms with Gasteiger partial charge in [-0.15, -0.1) is 0 Å². The van der Waals surface area contributed by atoms with E-state index in [-0.39, 0.29) is 12.1 Å². The molecule has 2 aliphatic heterocycles. The molecule has 24 heavy (non-hydrogen) atoms. The van der Waals surface area contributed by atoms with E-state index in [0.29, 0.717) is 31.7 Å². The van der Waals surface area contributed by atoms with Crippen LogP contribution in [0, 0.1) is 6.92 Å². The number of hydrogen-bond acceptors (Lipinski definition) is 5. The Morgan fingerprint density at radius 2 is 1.79 bits per heavy atom. The lowest BCUT2D eigenvalue weighted by Gasteiger charge is -2.51. The zero-order chi connectivity index (χ0) is 16.6. The fraction of sp³-hybridized carbons (Fsp3) is 0.474. The van der Waals surface area contributed by atoms with Crippen molar-refractivity contribution in [3.63, 3.8) is 0 Å². The van der Waals surface area contributed by atoms with E-state index in [1.165, 1.54) is 5.56 Å². The predicted octanol–water partition coefficient (Wildman–Crippen LogP) is 2.04. The first-order valence-corrected chi connectivity index (χ1v) is 8.55. The van der Waals surface area contributed by atoms with E-state index in [1.54, 1.807) is 0 Å². The van der Waals surface area contributed by atoms with Crippen LogP contribution in [0.2, 0.25) is 0 Å². The van der Waals surface area contributed by atoms with E-state index in [9.17, 15) is 5.11 Å². The van der Waals surface area contributed by atoms with Crippen molar-refractivity contribution in [1.29, 1.82) is 0 Å². The summed E-state index contributed by atoms with van der Waals surface area (Å²) in [5, 5.41) is 19.6. The van der Waals surface area contributed by atoms with Gasteiger partial charge < -0.3 is 9.84 Å². The van der Waals surface area contributed by atoms with E-state index < -0.39 is 5.60 Å². The fourth-order valence-corrected chi connectivity index (χ4v) is 3.95. The number of aromatic nitrogens is 2. The third kappa shape index (κ3) is 2.95. The Bertz CT molecular complexity index is 676. The molecule has 0 amide bonds. The number of nitrogens with zero attached hydrogens (tertiary/aromatic N) is 3. The van der Waals surface area contributed by atoms with Gasteiger partial charge in [-0.05, 0) is 37.5 Å². The van der Waals surface area contributed by atoms with Crippen molar-refractivity contribution in [3.05, 3.63) is 59.4 Å². The van der Waals surface area contributed by atoms with Gasteiger partial charge >= 0.3 is 0 Å². The molecule has 2 unspecified atom stereocenters. The maximum absolute atomic E-state index is 11.2. The van der Waals surface area contributed by atoms with Crippen LogP contribution in [0.4, 0.5) is 0 Å². The summed E-state index contributed by atoms with van der Waals surface area (Å²) in [7, 11) is 0. The Balaban J connectivity index is 1.57. The summed E-state index contributed by atoms with van der Waals surface area (Å²) < 4.78 is 5.76. The minimum absolute atomic E-state index is 0.200. The number of aryl methyl sites for hydroxylation is 1. The lowest BCUT2D eigenvalue weighted by Crippen LogP contribution is -2.60. The number of morpholine rings is 1. The zero-order valence-corrected chi connectivity index (χ0v) is 13.9. The molecule has 4 rings (SSSR count). The molecule has 5 heteroatoms. The van der Waals surface area contributed by atoms with Gasteiger partial charge in [-0.2, -0.15) is 10.2 Å². The van der Waals surface area contributed by atoms with Gasteiger partial charge in [-0.25, -0.2) is 0 Å². The average Bonchev–Trinajstić information content (AvgIpc) is 2.57. The van der Waals surface area contributed by atoms with Crippen LogP contribution in [-0.2, 0) is 16.9 Å². The third-order valence-corrected chi connectivity index (χ3v) is 5.19. The largest absolute Gasteiger partial charge is 0.383 e. The van der Waals surface area contributed by atoms with Gasteiger partial charge in [0, 0.05) is 18.6 Å². The van der Waals surface area contributed by atoms with Crippen molar-refractivity contribution in [2.75, 3.05) is 13.2 Å². The molecule has 0 radical (unpaired) electrons. The van der Waals surface area contributed by atoms with Crippen molar-refractivity contribution < 1.29 is 9.84 Å². The maximum Gasteiger partial charge on any atom is 0.111 e. The molecule has 1 N–H and O–H groups in total. The van der Waals surface area contributed by atoms with Gasteiger partial charge in [0.25, 0.3) is 0 Å². The number of rotatable bonds is 3. The average molecular weight is 325 g/mol. The monoisotopic (exact) mass is 325 g/mol. The predicted molar refractivity (Wildman–Crippen MR) is 90.3 cm³/mol. The summed E-state index contributed by atoms with van der Waals surface area (Å²) in [5.41, 5.74) is 1.94. The molecule has 126 valence electrons. The fourth-order valence-electron chi connectivity index (χ4n) is 3.95. The molecular formula is C19H23N3O2. The molecular weight excluding hydrogens is 302 g/mol. The molecule has 1 aromatic heterocycles. The first kappa shape index (κ1) is 15.7. The molecule has 5 nitrogen and oxygen atoms in total. The van der Waals surface area contributed by atoms with Gasteiger partial charge in [-0.1, -0.05) is 30.3 Å². The number of hydrogen-bond donors (Lipinski definition) is 1. The molecule has 0 saturated carbocycles. The zero-order valence-electron chi connectivity index (χ0n) is 13.9. The molecule has 2 saturated heterocycles. The quantitative estimate of drug-likeness (QED) is 0.936. The lowest BCUT2D eigenvalue weighted by atomic mass is 9.78. The van der Waals surface area contributed by atoms with Crippen LogP contribution >= 0.6 is 0 Å². The second kappa shape index (κ2) is 6.24. The first-order chi connectivity index (χ1) is 11.6. The van der Waals surface area contributed by atoms with Gasteiger partial charge in [0.2, 0.25) is 0 Å². The van der Waals surface area contributed by atoms with Gasteiger partial charge in [0.05, 0.1) is 24.6 Å². The molecule has 0 aliphatic carbocycles. The first-order valence-electron chi connectivity index (χ1n) is 8.55. The third-order valence-electron chi connectivity index (χ3n) is 5.19. The lowest BCUT2D eigenvalue weighted by molar-refractivity contribution is -0.151. The highest BCUT2D eigenvalue weighted by Gasteiger charge is 2.47. The second-order valence-electron chi connectivity index (χ2n) is 7.00. The van der Waals surface area contributed by atoms with Crippen LogP contribution < -0.4 is 0 Å². The standard InChI is InChI=1S/C19H23N3O2/c1-14-7-8-18(21-20-14)19(23)9-16-12-24-13-17(10-19)22(16)11-15-5-3-2-4-6-15/h2-8,16-17,23H,9-13H2,1H3. The van der Waals surface area contributed by atoms with Crippen LogP contribution in [0.3, 0.4) is 0 Å². The van der Waals surface area contributed by atoms with Crippen molar-refractivity contribution in [1.82, 2.24) is 15.1 Å². The van der Waals surface area contributed by atoms with E-state index >= 15 is 0 Å². The Morgan fingerprint density at radius 3 is 2.42 bits per heavy atom. The minimum Gasteiger partial charge on any atom is -0.383 e. The highest BCUT2D eigenvalue weighted by atomic mass is 16.5. The normalized spacial score (nSPS) is 30.2. The summed E-state index contributed by atoms with van der Waals surface area (Å²) in [6.07, 6.45) is 1.27. The summed E-state index contributed by atoms with van der Waals surface area (Å²) in [6, 6.07) is 14.7. The second-order valence-corrected chi connectivity index (χ2v) is 7.00. The van der Waals surface area contributed by atoms with Crippen molar-refractivity contribution in [2.45, 2.75) is 44.0 Å². The number of piperidine rings is 1. The van der Waals surface area contributed by atoms with Crippen molar-refractivity contribution in [3.8, 4) is 0 Å². The number of fused-ring (bicyclic) bond motifs is 2. The molecule has 0 spiro atoms. The molecule has 2 aliphatic rings. The summed E-state index contributed by atoms with van der Waals surface area (Å²) >= 11 is 0. The van der Waals surface area contributed by atoms with E-state index in [2.05, 4.69) is 39.4 Å². The van der Waals surface area contributed by atoms with Gasteiger partial charge in [0.1, 0.15) is 5.60 Å². The molecule has 2 atom stereocenters. The van der Waals surface area contributed by atoms with Crippen molar-refractivity contribution >= 4 is 0 Å². The Kier molecular flexibility index (Phi) is 4.08. The van der Waals surface area contributed by atoms with Crippen LogP contribution in [-0.4, -0.2) is 45.5 Å². The van der Waals surface area contributed by atoms with E-state index in [0.717, 1.165) is 12.2 Å². The van der Waals surface area contributed by atoms with Crippen LogP contribution in [0.1, 0.15) is 29.8 Å². The number of aliphatic hydroxyl groups is 1. The molecule has 2 bridgehead atoms. The van der Waals surface area contributed by atoms with Crippen molar-refractivity contribution in [2.24, 2.45) is 0 Å². The topological polar surface area (TPSA) is 58.5 Å². The Hall–Kier alpha value is -1.82. The van der Waals surface area contributed by atoms with Gasteiger partial charge in [-0.3, -0.25) is 4.90 Å². The number of ether oxygens (including phenoxy) is 1. The summed E-state index contributed by atoms with van der Waals surface area (Å²) in [6.45, 7) is 4.12. The summed E-state index contributed by atoms with van der Waals surface area (Å²) in [4.78, 5) is 2.48. The molecule has 2 fully saturated rings. The van der Waals surface area contributed by atoms with E-state index in [1.807, 2.05) is 25.1 Å². The van der Waals surface area contributed by atoms with Crippen LogP contribution in [0.25, 0.3) is 0 Å². The summed E-state index contributed by atoms with van der Waals surface area (Å²) in [5.74, 6) is 0. The number of benzene rings is 1. The Labute approximate surface area is 142 Å². The molecule has 2 aromatic rings. The maximum atomic E-state index is 11.2. The highest BCUT2D eigenvalue weighted by molar-refractivity contribution is 5.19.